The minimum Gasteiger partial charge on any atom is -0.381 e. The third kappa shape index (κ3) is 3.48. The molecule has 2 fully saturated rings. The van der Waals surface area contributed by atoms with Crippen molar-refractivity contribution in [1.82, 2.24) is 10.2 Å². The molecule has 3 unspecified atom stereocenters. The molecular formula is C15H28N2O2. The van der Waals surface area contributed by atoms with Gasteiger partial charge in [0.25, 0.3) is 0 Å². The highest BCUT2D eigenvalue weighted by Crippen LogP contribution is 2.24. The topological polar surface area (TPSA) is 41.6 Å². The Morgan fingerprint density at radius 1 is 1.47 bits per heavy atom. The van der Waals surface area contributed by atoms with Gasteiger partial charge in [-0.05, 0) is 18.8 Å². The van der Waals surface area contributed by atoms with E-state index >= 15 is 0 Å². The molecule has 0 aromatic rings. The number of nitrogens with zero attached hydrogens (tertiary/aromatic N) is 1. The summed E-state index contributed by atoms with van der Waals surface area (Å²) >= 11 is 0. The zero-order valence-electron chi connectivity index (χ0n) is 12.5. The van der Waals surface area contributed by atoms with Crippen molar-refractivity contribution in [1.29, 1.82) is 0 Å². The standard InChI is InChI=1S/C15H28N2O2/c1-4-5-6-13-15(18)17(14(16-13)11(2)3)9-12-7-8-19-10-12/h11-14,16H,4-10H2,1-3H3. The van der Waals surface area contributed by atoms with Gasteiger partial charge in [0.1, 0.15) is 0 Å². The van der Waals surface area contributed by atoms with Crippen LogP contribution in [0.3, 0.4) is 0 Å². The maximum Gasteiger partial charge on any atom is 0.241 e. The van der Waals surface area contributed by atoms with E-state index in [1.807, 2.05) is 0 Å². The molecule has 0 bridgehead atoms. The fourth-order valence-electron chi connectivity index (χ4n) is 3.08. The second-order valence-electron chi connectivity index (χ2n) is 6.27. The van der Waals surface area contributed by atoms with Crippen molar-refractivity contribution in [3.63, 3.8) is 0 Å². The van der Waals surface area contributed by atoms with Gasteiger partial charge in [0.2, 0.25) is 5.91 Å². The molecule has 1 amide bonds. The van der Waals surface area contributed by atoms with Gasteiger partial charge in [0, 0.05) is 19.1 Å². The number of hydrogen-bond donors (Lipinski definition) is 1. The summed E-state index contributed by atoms with van der Waals surface area (Å²) in [6.45, 7) is 9.07. The minimum atomic E-state index is 0.0367. The molecule has 0 aromatic carbocycles. The molecule has 0 spiro atoms. The van der Waals surface area contributed by atoms with Crippen LogP contribution in [0.15, 0.2) is 0 Å². The van der Waals surface area contributed by atoms with E-state index in [1.54, 1.807) is 0 Å². The average Bonchev–Trinajstić information content (AvgIpc) is 2.98. The summed E-state index contributed by atoms with van der Waals surface area (Å²) in [7, 11) is 0. The quantitative estimate of drug-likeness (QED) is 0.801. The summed E-state index contributed by atoms with van der Waals surface area (Å²) in [5.74, 6) is 1.29. The van der Waals surface area contributed by atoms with Crippen molar-refractivity contribution in [2.75, 3.05) is 19.8 Å². The molecule has 2 rings (SSSR count). The SMILES string of the molecule is CCCCC1NC(C(C)C)N(CC2CCOC2)C1=O. The number of amides is 1. The van der Waals surface area contributed by atoms with E-state index in [9.17, 15) is 4.79 Å². The average molecular weight is 268 g/mol. The van der Waals surface area contributed by atoms with Gasteiger partial charge in [0.05, 0.1) is 18.8 Å². The maximum absolute atomic E-state index is 12.5. The van der Waals surface area contributed by atoms with Crippen LogP contribution in [-0.4, -0.2) is 42.8 Å². The van der Waals surface area contributed by atoms with Gasteiger partial charge in [-0.1, -0.05) is 33.6 Å². The van der Waals surface area contributed by atoms with Crippen LogP contribution in [0.25, 0.3) is 0 Å². The summed E-state index contributed by atoms with van der Waals surface area (Å²) in [6.07, 6.45) is 4.53. The minimum absolute atomic E-state index is 0.0367. The lowest BCUT2D eigenvalue weighted by molar-refractivity contribution is -0.131. The van der Waals surface area contributed by atoms with Crippen LogP contribution in [-0.2, 0) is 9.53 Å². The molecule has 4 nitrogen and oxygen atoms in total. The number of nitrogens with one attached hydrogen (secondary N) is 1. The van der Waals surface area contributed by atoms with Crippen LogP contribution < -0.4 is 5.32 Å². The first kappa shape index (κ1) is 14.8. The van der Waals surface area contributed by atoms with Gasteiger partial charge in [-0.25, -0.2) is 0 Å². The van der Waals surface area contributed by atoms with E-state index in [4.69, 9.17) is 4.74 Å². The van der Waals surface area contributed by atoms with E-state index in [0.29, 0.717) is 17.7 Å². The van der Waals surface area contributed by atoms with Crippen molar-refractivity contribution in [2.24, 2.45) is 11.8 Å². The Morgan fingerprint density at radius 3 is 2.84 bits per heavy atom. The van der Waals surface area contributed by atoms with Gasteiger partial charge < -0.3 is 9.64 Å². The van der Waals surface area contributed by atoms with Gasteiger partial charge in [-0.2, -0.15) is 0 Å². The van der Waals surface area contributed by atoms with Crippen LogP contribution >= 0.6 is 0 Å². The molecule has 110 valence electrons. The Bertz CT molecular complexity index is 301. The van der Waals surface area contributed by atoms with Crippen LogP contribution in [0.2, 0.25) is 0 Å². The molecular weight excluding hydrogens is 240 g/mol. The van der Waals surface area contributed by atoms with Crippen LogP contribution in [0.1, 0.15) is 46.5 Å². The fourth-order valence-corrected chi connectivity index (χ4v) is 3.08. The molecule has 1 N–H and O–H groups in total. The summed E-state index contributed by atoms with van der Waals surface area (Å²) in [5, 5.41) is 3.53. The second-order valence-corrected chi connectivity index (χ2v) is 6.27. The molecule has 0 saturated carbocycles. The third-order valence-electron chi connectivity index (χ3n) is 4.25. The molecule has 0 aliphatic carbocycles. The van der Waals surface area contributed by atoms with Crippen LogP contribution in [0, 0.1) is 11.8 Å². The summed E-state index contributed by atoms with van der Waals surface area (Å²) in [5.41, 5.74) is 0. The Labute approximate surface area is 116 Å². The Balaban J connectivity index is 1.98. The predicted molar refractivity (Wildman–Crippen MR) is 75.7 cm³/mol. The molecule has 0 radical (unpaired) electrons. The molecule has 2 aliphatic heterocycles. The number of rotatable bonds is 6. The summed E-state index contributed by atoms with van der Waals surface area (Å²) in [6, 6.07) is 0.0367. The number of carbonyl (C=O) groups excluding carboxylic acids is 1. The number of hydrogen-bond acceptors (Lipinski definition) is 3. The van der Waals surface area contributed by atoms with Gasteiger partial charge >= 0.3 is 0 Å². The smallest absolute Gasteiger partial charge is 0.241 e. The molecule has 0 aromatic heterocycles. The monoisotopic (exact) mass is 268 g/mol. The highest BCUT2D eigenvalue weighted by molar-refractivity contribution is 5.84. The van der Waals surface area contributed by atoms with Crippen molar-refractivity contribution in [3.8, 4) is 0 Å². The molecule has 2 saturated heterocycles. The Kier molecular flexibility index (Phi) is 5.22. The van der Waals surface area contributed by atoms with Crippen molar-refractivity contribution in [2.45, 2.75) is 58.7 Å². The molecule has 4 heteroatoms. The zero-order valence-corrected chi connectivity index (χ0v) is 12.5. The lowest BCUT2D eigenvalue weighted by atomic mass is 10.1. The van der Waals surface area contributed by atoms with Gasteiger partial charge in [-0.15, -0.1) is 0 Å². The predicted octanol–water partition coefficient (Wildman–Crippen LogP) is 2.00. The van der Waals surface area contributed by atoms with Crippen molar-refractivity contribution < 1.29 is 9.53 Å². The third-order valence-corrected chi connectivity index (χ3v) is 4.25. The fraction of sp³-hybridized carbons (Fsp3) is 0.933. The van der Waals surface area contributed by atoms with Crippen molar-refractivity contribution >= 4 is 5.91 Å². The van der Waals surface area contributed by atoms with Crippen LogP contribution in [0.5, 0.6) is 0 Å². The highest BCUT2D eigenvalue weighted by atomic mass is 16.5. The number of ether oxygens (including phenoxy) is 1. The highest BCUT2D eigenvalue weighted by Gasteiger charge is 2.40. The van der Waals surface area contributed by atoms with E-state index in [0.717, 1.165) is 45.4 Å². The van der Waals surface area contributed by atoms with E-state index < -0.39 is 0 Å². The Hall–Kier alpha value is -0.610. The molecule has 2 heterocycles. The van der Waals surface area contributed by atoms with E-state index in [2.05, 4.69) is 31.0 Å². The summed E-state index contributed by atoms with van der Waals surface area (Å²) < 4.78 is 5.43. The largest absolute Gasteiger partial charge is 0.381 e. The Morgan fingerprint density at radius 2 is 2.26 bits per heavy atom. The second kappa shape index (κ2) is 6.71. The van der Waals surface area contributed by atoms with Crippen molar-refractivity contribution in [3.05, 3.63) is 0 Å². The first-order valence-corrected chi connectivity index (χ1v) is 7.77. The number of carbonyl (C=O) groups is 1. The zero-order chi connectivity index (χ0) is 13.8. The molecule has 19 heavy (non-hydrogen) atoms. The number of unbranched alkanes of at least 4 members (excludes halogenated alkanes) is 1. The normalized spacial score (nSPS) is 31.7. The summed E-state index contributed by atoms with van der Waals surface area (Å²) in [4.78, 5) is 14.6. The lowest BCUT2D eigenvalue weighted by Gasteiger charge is -2.29. The maximum atomic E-state index is 12.5. The first-order valence-electron chi connectivity index (χ1n) is 7.77. The first-order chi connectivity index (χ1) is 9.13. The molecule has 2 aliphatic rings. The van der Waals surface area contributed by atoms with E-state index in [1.165, 1.54) is 0 Å². The van der Waals surface area contributed by atoms with Gasteiger partial charge in [0.15, 0.2) is 0 Å². The molecule has 3 atom stereocenters. The van der Waals surface area contributed by atoms with E-state index in [-0.39, 0.29) is 12.2 Å². The van der Waals surface area contributed by atoms with Crippen LogP contribution in [0.4, 0.5) is 0 Å². The van der Waals surface area contributed by atoms with Gasteiger partial charge in [-0.3, -0.25) is 10.1 Å². The lowest BCUT2D eigenvalue weighted by Crippen LogP contribution is -2.43.